The molecule has 17 heteroatoms. The summed E-state index contributed by atoms with van der Waals surface area (Å²) in [4.78, 5) is 60.8. The van der Waals surface area contributed by atoms with Gasteiger partial charge in [0.25, 0.3) is 0 Å². The number of carbonyl (C=O) groups excluding carboxylic acids is 5. The third-order valence-electron chi connectivity index (χ3n) is 9.63. The maximum atomic E-state index is 12.5. The topological polar surface area (TPSA) is 135 Å². The fraction of sp³-hybridized carbons (Fsp3) is 0.884. The summed E-state index contributed by atoms with van der Waals surface area (Å²) < 4.78 is 95.0. The number of nitrogens with zero attached hydrogens (tertiary/aromatic N) is 1. The van der Waals surface area contributed by atoms with Gasteiger partial charge in [-0.25, -0.2) is 0 Å². The van der Waals surface area contributed by atoms with Gasteiger partial charge in [-0.3, -0.25) is 24.0 Å². The largest absolute Gasteiger partial charge is 0.575 e. The summed E-state index contributed by atoms with van der Waals surface area (Å²) in [7, 11) is 3.93. The molecule has 0 N–H and O–H groups in total. The molecule has 11 nitrogen and oxygen atoms in total. The van der Waals surface area contributed by atoms with E-state index < -0.39 is 24.7 Å². The van der Waals surface area contributed by atoms with Crippen molar-refractivity contribution in [2.75, 3.05) is 33.9 Å². The van der Waals surface area contributed by atoms with Crippen molar-refractivity contribution in [1.29, 1.82) is 0 Å². The lowest BCUT2D eigenvalue weighted by Crippen LogP contribution is -2.20. The van der Waals surface area contributed by atoms with Crippen LogP contribution < -0.4 is 0 Å². The second kappa shape index (κ2) is 36.5. The van der Waals surface area contributed by atoms with Crippen LogP contribution in [-0.2, 0) is 47.7 Å². The Kier molecular flexibility index (Phi) is 34.6. The lowest BCUT2D eigenvalue weighted by molar-refractivity contribution is -0.307. The van der Waals surface area contributed by atoms with Crippen molar-refractivity contribution in [2.24, 2.45) is 0 Å². The summed E-state index contributed by atoms with van der Waals surface area (Å²) in [5, 5.41) is 0. The number of carbonyl (C=O) groups is 5. The van der Waals surface area contributed by atoms with Crippen LogP contribution >= 0.6 is 0 Å². The molecule has 0 spiro atoms. The smallest absolute Gasteiger partial charge is 0.466 e. The van der Waals surface area contributed by atoms with Crippen molar-refractivity contribution in [2.45, 2.75) is 211 Å². The molecule has 60 heavy (non-hydrogen) atoms. The number of halogens is 6. The zero-order valence-electron chi connectivity index (χ0n) is 36.2. The maximum absolute atomic E-state index is 12.5. The molecule has 0 bridgehead atoms. The molecule has 0 amide bonds. The molecule has 0 aliphatic carbocycles. The van der Waals surface area contributed by atoms with Crippen LogP contribution in [0.3, 0.4) is 0 Å². The van der Waals surface area contributed by atoms with Gasteiger partial charge < -0.3 is 28.6 Å². The van der Waals surface area contributed by atoms with E-state index in [9.17, 15) is 50.3 Å². The van der Waals surface area contributed by atoms with Crippen LogP contribution in [0, 0.1) is 0 Å². The van der Waals surface area contributed by atoms with E-state index in [4.69, 9.17) is 14.2 Å². The number of ether oxygens (including phenoxy) is 5. The Labute approximate surface area is 353 Å². The zero-order chi connectivity index (χ0) is 44.9. The Bertz CT molecular complexity index is 1060. The van der Waals surface area contributed by atoms with Gasteiger partial charge in [-0.1, -0.05) is 89.9 Å². The summed E-state index contributed by atoms with van der Waals surface area (Å²) in [6.07, 6.45) is 10.1. The van der Waals surface area contributed by atoms with Gasteiger partial charge >= 0.3 is 42.6 Å². The Morgan fingerprint density at radius 1 is 0.400 bits per heavy atom. The SMILES string of the molecule is CN(C)CCCC(=O)OC(CCCCCCCC(=O)OCCCCCCCCC(=O)OC(F)(F)F)CCCCCCCC(=O)OCCCCCCCCC(=O)OC(F)(F)F. The lowest BCUT2D eigenvalue weighted by Gasteiger charge is -2.18. The average Bonchev–Trinajstić information content (AvgIpc) is 3.14. The third-order valence-corrected chi connectivity index (χ3v) is 9.63. The molecule has 0 saturated carbocycles. The lowest BCUT2D eigenvalue weighted by atomic mass is 10.0. The van der Waals surface area contributed by atoms with E-state index in [1.807, 2.05) is 19.0 Å². The normalized spacial score (nSPS) is 11.8. The molecule has 0 aliphatic rings. The maximum Gasteiger partial charge on any atom is 0.575 e. The second-order valence-electron chi connectivity index (χ2n) is 15.7. The number of unbranched alkanes of at least 4 members (excludes halogenated alkanes) is 18. The summed E-state index contributed by atoms with van der Waals surface area (Å²) in [5.74, 6) is -3.15. The molecule has 0 radical (unpaired) electrons. The van der Waals surface area contributed by atoms with Gasteiger partial charge in [-0.05, 0) is 91.3 Å². The first-order valence-corrected chi connectivity index (χ1v) is 22.2. The number of hydrogen-bond acceptors (Lipinski definition) is 11. The van der Waals surface area contributed by atoms with Crippen molar-refractivity contribution >= 4 is 29.8 Å². The highest BCUT2D eigenvalue weighted by molar-refractivity contribution is 5.70. The first-order chi connectivity index (χ1) is 28.5. The van der Waals surface area contributed by atoms with Gasteiger partial charge in [0.2, 0.25) is 0 Å². The Hall–Kier alpha value is -3.11. The molecule has 0 heterocycles. The Balaban J connectivity index is 4.02. The number of rotatable bonds is 39. The highest BCUT2D eigenvalue weighted by atomic mass is 19.4. The molecule has 0 fully saturated rings. The fourth-order valence-electron chi connectivity index (χ4n) is 6.42. The zero-order valence-corrected chi connectivity index (χ0v) is 36.2. The molecule has 0 aliphatic heterocycles. The van der Waals surface area contributed by atoms with Crippen LogP contribution in [0.4, 0.5) is 26.3 Å². The van der Waals surface area contributed by atoms with Crippen molar-refractivity contribution < 1.29 is 74.0 Å². The fourth-order valence-corrected chi connectivity index (χ4v) is 6.42. The molecule has 0 rings (SSSR count). The van der Waals surface area contributed by atoms with Gasteiger partial charge in [-0.2, -0.15) is 0 Å². The summed E-state index contributed by atoms with van der Waals surface area (Å²) in [5.41, 5.74) is 0. The predicted molar refractivity (Wildman–Crippen MR) is 213 cm³/mol. The number of hydrogen-bond donors (Lipinski definition) is 0. The first-order valence-electron chi connectivity index (χ1n) is 22.2. The van der Waals surface area contributed by atoms with Crippen molar-refractivity contribution in [3.63, 3.8) is 0 Å². The van der Waals surface area contributed by atoms with Crippen LogP contribution in [0.15, 0.2) is 0 Å². The molecule has 0 saturated heterocycles. The van der Waals surface area contributed by atoms with Gasteiger partial charge in [0.1, 0.15) is 6.10 Å². The summed E-state index contributed by atoms with van der Waals surface area (Å²) >= 11 is 0. The molecule has 352 valence electrons. The van der Waals surface area contributed by atoms with Gasteiger partial charge in [-0.15, -0.1) is 26.3 Å². The summed E-state index contributed by atoms with van der Waals surface area (Å²) in [6, 6.07) is 0. The van der Waals surface area contributed by atoms with Crippen LogP contribution in [-0.4, -0.2) is 87.4 Å². The summed E-state index contributed by atoms with van der Waals surface area (Å²) in [6.45, 7) is 1.48. The molecule has 0 aromatic heterocycles. The van der Waals surface area contributed by atoms with E-state index in [2.05, 4.69) is 9.47 Å². The quantitative estimate of drug-likeness (QED) is 0.0253. The number of alkyl halides is 6. The van der Waals surface area contributed by atoms with Crippen molar-refractivity contribution in [3.8, 4) is 0 Å². The van der Waals surface area contributed by atoms with Gasteiger partial charge in [0.15, 0.2) is 0 Å². The standard InChI is InChI=1S/C43H73F6NO10/c1-50(2)33-25-32-39(53)58-36(26-17-9-7-13-19-28-37(51)56-34-23-15-5-3-11-21-30-40(54)59-42(44,45)46)27-18-10-8-14-20-29-38(52)57-35-24-16-6-4-12-22-31-41(55)60-43(47,48)49/h36H,3-35H2,1-2H3. The van der Waals surface area contributed by atoms with Crippen molar-refractivity contribution in [3.05, 3.63) is 0 Å². The van der Waals surface area contributed by atoms with E-state index in [1.165, 1.54) is 0 Å². The predicted octanol–water partition coefficient (Wildman–Crippen LogP) is 11.4. The van der Waals surface area contributed by atoms with Crippen molar-refractivity contribution in [1.82, 2.24) is 4.90 Å². The van der Waals surface area contributed by atoms with E-state index in [1.54, 1.807) is 0 Å². The number of esters is 5. The Morgan fingerprint density at radius 2 is 0.700 bits per heavy atom. The minimum Gasteiger partial charge on any atom is -0.466 e. The second-order valence-corrected chi connectivity index (χ2v) is 15.7. The average molecular weight is 878 g/mol. The van der Waals surface area contributed by atoms with E-state index >= 15 is 0 Å². The van der Waals surface area contributed by atoms with Crippen LogP contribution in [0.25, 0.3) is 0 Å². The molecule has 0 aromatic carbocycles. The molecule has 0 unspecified atom stereocenters. The van der Waals surface area contributed by atoms with Crippen LogP contribution in [0.2, 0.25) is 0 Å². The minimum absolute atomic E-state index is 0.133. The highest BCUT2D eigenvalue weighted by Gasteiger charge is 2.34. The molecular weight excluding hydrogens is 804 g/mol. The van der Waals surface area contributed by atoms with Crippen LogP contribution in [0.5, 0.6) is 0 Å². The van der Waals surface area contributed by atoms with E-state index in [0.717, 1.165) is 129 Å². The monoisotopic (exact) mass is 878 g/mol. The van der Waals surface area contributed by atoms with E-state index in [0.29, 0.717) is 71.0 Å². The van der Waals surface area contributed by atoms with Gasteiger partial charge in [0.05, 0.1) is 13.2 Å². The first kappa shape index (κ1) is 56.9. The third kappa shape index (κ3) is 43.0. The van der Waals surface area contributed by atoms with Crippen LogP contribution in [0.1, 0.15) is 193 Å². The molecule has 0 aromatic rings. The Morgan fingerprint density at radius 3 is 1.05 bits per heavy atom. The molecule has 0 atom stereocenters. The highest BCUT2D eigenvalue weighted by Crippen LogP contribution is 2.21. The molecular formula is C43H73F6NO10. The minimum atomic E-state index is -4.93. The van der Waals surface area contributed by atoms with E-state index in [-0.39, 0.29) is 36.9 Å². The van der Waals surface area contributed by atoms with Gasteiger partial charge in [0, 0.05) is 32.1 Å².